The predicted molar refractivity (Wildman–Crippen MR) is 73.6 cm³/mol. The largest absolute Gasteiger partial charge is 0.503 e. The van der Waals surface area contributed by atoms with E-state index in [-0.39, 0.29) is 18.9 Å². The van der Waals surface area contributed by atoms with Crippen LogP contribution in [0.25, 0.3) is 0 Å². The van der Waals surface area contributed by atoms with E-state index in [0.717, 1.165) is 5.56 Å². The second kappa shape index (κ2) is 5.91. The smallest absolute Gasteiger partial charge is 0.223 e. The van der Waals surface area contributed by atoms with Crippen LogP contribution in [0.15, 0.2) is 47.4 Å². The summed E-state index contributed by atoms with van der Waals surface area (Å²) in [4.78, 5) is 11.5. The lowest BCUT2D eigenvalue weighted by Crippen LogP contribution is -2.16. The molecule has 1 aromatic heterocycles. The number of pyridine rings is 1. The molecule has 100 valence electrons. The lowest BCUT2D eigenvalue weighted by Gasteiger charge is -2.18. The molecule has 19 heavy (non-hydrogen) atoms. The Labute approximate surface area is 115 Å². The van der Waals surface area contributed by atoms with E-state index in [9.17, 15) is 9.90 Å². The molecule has 2 N–H and O–H groups in total. The zero-order valence-electron chi connectivity index (χ0n) is 10.2. The van der Waals surface area contributed by atoms with E-state index < -0.39 is 10.8 Å². The van der Waals surface area contributed by atoms with Crippen LogP contribution in [0.2, 0.25) is 0 Å². The molecule has 0 aliphatic carbocycles. The van der Waals surface area contributed by atoms with Gasteiger partial charge in [-0.3, -0.25) is 4.79 Å². The van der Waals surface area contributed by atoms with E-state index in [2.05, 4.69) is 0 Å². The van der Waals surface area contributed by atoms with Crippen LogP contribution in [-0.2, 0) is 6.54 Å². The zero-order valence-corrected chi connectivity index (χ0v) is 10.9. The summed E-state index contributed by atoms with van der Waals surface area (Å²) in [6.07, 6.45) is 1.52. The van der Waals surface area contributed by atoms with E-state index in [1.165, 1.54) is 12.3 Å². The highest BCUT2D eigenvalue weighted by molar-refractivity contribution is 6.22. The molecule has 0 radical (unpaired) electrons. The van der Waals surface area contributed by atoms with Gasteiger partial charge in [0.25, 0.3) is 0 Å². The molecule has 0 fully saturated rings. The van der Waals surface area contributed by atoms with Crippen molar-refractivity contribution in [3.8, 4) is 5.75 Å². The van der Waals surface area contributed by atoms with Gasteiger partial charge in [-0.15, -0.1) is 11.6 Å². The average Bonchev–Trinajstić information content (AvgIpc) is 2.44. The van der Waals surface area contributed by atoms with Crippen molar-refractivity contribution in [3.63, 3.8) is 0 Å². The molecular weight excluding hydrogens is 266 g/mol. The van der Waals surface area contributed by atoms with Crippen LogP contribution >= 0.6 is 11.6 Å². The Morgan fingerprint density at radius 1 is 1.21 bits per heavy atom. The van der Waals surface area contributed by atoms with Gasteiger partial charge in [-0.25, -0.2) is 0 Å². The second-order valence-corrected chi connectivity index (χ2v) is 4.54. The van der Waals surface area contributed by atoms with Crippen molar-refractivity contribution in [2.24, 2.45) is 0 Å². The van der Waals surface area contributed by atoms with Gasteiger partial charge in [-0.1, -0.05) is 30.3 Å². The first-order chi connectivity index (χ1) is 9.15. The van der Waals surface area contributed by atoms with Crippen molar-refractivity contribution in [3.05, 3.63) is 64.1 Å². The number of aliphatic hydroxyl groups excluding tert-OH is 1. The van der Waals surface area contributed by atoms with Crippen LogP contribution in [0.1, 0.15) is 16.6 Å². The van der Waals surface area contributed by atoms with Gasteiger partial charge in [0.1, 0.15) is 5.38 Å². The molecule has 1 aromatic carbocycles. The minimum Gasteiger partial charge on any atom is -0.503 e. The second-order valence-electron chi connectivity index (χ2n) is 4.10. The van der Waals surface area contributed by atoms with Gasteiger partial charge in [0, 0.05) is 18.8 Å². The van der Waals surface area contributed by atoms with Crippen molar-refractivity contribution in [1.29, 1.82) is 0 Å². The third kappa shape index (κ3) is 2.80. The maximum absolute atomic E-state index is 11.5. The Morgan fingerprint density at radius 2 is 1.89 bits per heavy atom. The van der Waals surface area contributed by atoms with Crippen molar-refractivity contribution in [2.75, 3.05) is 6.61 Å². The fourth-order valence-electron chi connectivity index (χ4n) is 1.93. The monoisotopic (exact) mass is 279 g/mol. The average molecular weight is 280 g/mol. The van der Waals surface area contributed by atoms with E-state index >= 15 is 0 Å². The molecule has 0 aliphatic rings. The van der Waals surface area contributed by atoms with Crippen molar-refractivity contribution in [1.82, 2.24) is 4.57 Å². The first kappa shape index (κ1) is 13.6. The number of hydrogen-bond acceptors (Lipinski definition) is 3. The Hall–Kier alpha value is -1.78. The maximum atomic E-state index is 11.5. The summed E-state index contributed by atoms with van der Waals surface area (Å²) in [5, 5.41) is 18.3. The van der Waals surface area contributed by atoms with Crippen molar-refractivity contribution < 1.29 is 10.2 Å². The number of alkyl halides is 1. The fourth-order valence-corrected chi connectivity index (χ4v) is 2.30. The summed E-state index contributed by atoms with van der Waals surface area (Å²) in [6, 6.07) is 10.4. The van der Waals surface area contributed by atoms with E-state index in [1.807, 2.05) is 30.3 Å². The van der Waals surface area contributed by atoms with Gasteiger partial charge >= 0.3 is 0 Å². The molecule has 1 heterocycles. The third-order valence-corrected chi connectivity index (χ3v) is 3.32. The first-order valence-corrected chi connectivity index (χ1v) is 6.31. The van der Waals surface area contributed by atoms with Crippen LogP contribution < -0.4 is 5.43 Å². The minimum atomic E-state index is -0.651. The molecule has 2 aromatic rings. The van der Waals surface area contributed by atoms with Gasteiger partial charge in [-0.05, 0) is 5.56 Å². The van der Waals surface area contributed by atoms with E-state index in [4.69, 9.17) is 16.7 Å². The van der Waals surface area contributed by atoms with E-state index in [0.29, 0.717) is 5.69 Å². The molecule has 1 atom stereocenters. The highest BCUT2D eigenvalue weighted by Crippen LogP contribution is 2.32. The summed E-state index contributed by atoms with van der Waals surface area (Å²) in [7, 11) is 0. The minimum absolute atomic E-state index is 0.103. The van der Waals surface area contributed by atoms with Crippen LogP contribution in [0.5, 0.6) is 5.75 Å². The van der Waals surface area contributed by atoms with Crippen LogP contribution in [-0.4, -0.2) is 21.4 Å². The summed E-state index contributed by atoms with van der Waals surface area (Å²) >= 11 is 6.35. The highest BCUT2D eigenvalue weighted by atomic mass is 35.5. The quantitative estimate of drug-likeness (QED) is 0.840. The summed E-state index contributed by atoms with van der Waals surface area (Å²) < 4.78 is 1.58. The maximum Gasteiger partial charge on any atom is 0.223 e. The number of aromatic hydroxyl groups is 1. The van der Waals surface area contributed by atoms with Gasteiger partial charge in [0.05, 0.1) is 12.3 Å². The summed E-state index contributed by atoms with van der Waals surface area (Å²) in [5.74, 6) is -0.375. The Bertz CT molecular complexity index is 610. The zero-order chi connectivity index (χ0) is 13.8. The molecule has 0 bridgehead atoms. The van der Waals surface area contributed by atoms with Gasteiger partial charge in [0.2, 0.25) is 5.43 Å². The Kier molecular flexibility index (Phi) is 4.24. The number of hydrogen-bond donors (Lipinski definition) is 2. The van der Waals surface area contributed by atoms with Gasteiger partial charge in [-0.2, -0.15) is 0 Å². The van der Waals surface area contributed by atoms with Gasteiger partial charge < -0.3 is 14.8 Å². The number of benzene rings is 1. The lowest BCUT2D eigenvalue weighted by atomic mass is 10.1. The molecule has 2 rings (SSSR count). The normalized spacial score (nSPS) is 12.3. The van der Waals surface area contributed by atoms with Crippen molar-refractivity contribution in [2.45, 2.75) is 11.9 Å². The fraction of sp³-hybridized carbons (Fsp3) is 0.214. The third-order valence-electron chi connectivity index (χ3n) is 2.86. The molecule has 0 spiro atoms. The highest BCUT2D eigenvalue weighted by Gasteiger charge is 2.20. The topological polar surface area (TPSA) is 62.5 Å². The number of aliphatic hydroxyl groups is 1. The van der Waals surface area contributed by atoms with Gasteiger partial charge in [0.15, 0.2) is 5.75 Å². The predicted octanol–water partition coefficient (Wildman–Crippen LogP) is 1.87. The standard InChI is InChI=1S/C14H14ClNO3/c15-12(10-4-2-1-3-5-10)13-14(19)11(18)6-7-16(13)8-9-17/h1-7,12,17,19H,8-9H2. The summed E-state index contributed by atoms with van der Waals surface area (Å²) in [5.41, 5.74) is 0.594. The number of aromatic nitrogens is 1. The Balaban J connectivity index is 2.54. The summed E-state index contributed by atoms with van der Waals surface area (Å²) in [6.45, 7) is 0.160. The van der Waals surface area contributed by atoms with Crippen LogP contribution in [0.3, 0.4) is 0 Å². The number of rotatable bonds is 4. The molecular formula is C14H14ClNO3. The van der Waals surface area contributed by atoms with Crippen LogP contribution in [0.4, 0.5) is 0 Å². The molecule has 5 heteroatoms. The lowest BCUT2D eigenvalue weighted by molar-refractivity contribution is 0.273. The molecule has 4 nitrogen and oxygen atoms in total. The number of halogens is 1. The SMILES string of the molecule is O=c1ccn(CCO)c(C(Cl)c2ccccc2)c1O. The molecule has 0 saturated carbocycles. The first-order valence-electron chi connectivity index (χ1n) is 5.87. The molecule has 1 unspecified atom stereocenters. The van der Waals surface area contributed by atoms with Crippen LogP contribution in [0, 0.1) is 0 Å². The van der Waals surface area contributed by atoms with Crippen molar-refractivity contribution >= 4 is 11.6 Å². The molecule has 0 aliphatic heterocycles. The number of nitrogens with zero attached hydrogens (tertiary/aromatic N) is 1. The van der Waals surface area contributed by atoms with E-state index in [1.54, 1.807) is 4.57 Å². The molecule has 0 amide bonds. The molecule has 0 saturated heterocycles. The Morgan fingerprint density at radius 3 is 2.53 bits per heavy atom.